The minimum absolute atomic E-state index is 0.0160. The van der Waals surface area contributed by atoms with Crippen LogP contribution < -0.4 is 15.4 Å². The summed E-state index contributed by atoms with van der Waals surface area (Å²) in [4.78, 5) is 24.0. The van der Waals surface area contributed by atoms with E-state index in [-0.39, 0.29) is 23.8 Å². The van der Waals surface area contributed by atoms with Crippen LogP contribution in [0.15, 0.2) is 48.5 Å². The van der Waals surface area contributed by atoms with E-state index in [1.807, 2.05) is 38.1 Å². The van der Waals surface area contributed by atoms with Crippen molar-refractivity contribution in [3.05, 3.63) is 54.1 Å². The Balaban J connectivity index is 1.89. The van der Waals surface area contributed by atoms with Gasteiger partial charge in [-0.15, -0.1) is 0 Å². The third-order valence-electron chi connectivity index (χ3n) is 4.10. The van der Waals surface area contributed by atoms with Crippen LogP contribution in [0.3, 0.4) is 0 Å². The molecule has 0 spiro atoms. The lowest BCUT2D eigenvalue weighted by Crippen LogP contribution is -2.22. The lowest BCUT2D eigenvalue weighted by molar-refractivity contribution is -0.118. The number of hydrogen-bond donors (Lipinski definition) is 2. The number of hydrogen-bond acceptors (Lipinski definition) is 3. The van der Waals surface area contributed by atoms with E-state index in [1.165, 1.54) is 0 Å². The molecule has 0 aliphatic heterocycles. The highest BCUT2D eigenvalue weighted by atomic mass is 16.5. The fraction of sp³-hybridized carbons (Fsp3) is 0.391. The average molecular weight is 383 g/mol. The van der Waals surface area contributed by atoms with Gasteiger partial charge in [0.1, 0.15) is 5.75 Å². The van der Waals surface area contributed by atoms with Crippen molar-refractivity contribution in [2.24, 2.45) is 5.92 Å². The molecule has 0 radical (unpaired) electrons. The lowest BCUT2D eigenvalue weighted by Gasteiger charge is -2.22. The van der Waals surface area contributed by atoms with Gasteiger partial charge in [-0.05, 0) is 47.2 Å². The van der Waals surface area contributed by atoms with Crippen molar-refractivity contribution in [2.75, 3.05) is 17.2 Å². The van der Waals surface area contributed by atoms with E-state index in [4.69, 9.17) is 4.74 Å². The van der Waals surface area contributed by atoms with Crippen molar-refractivity contribution in [1.29, 1.82) is 0 Å². The van der Waals surface area contributed by atoms with Gasteiger partial charge >= 0.3 is 0 Å². The molecule has 0 saturated carbocycles. The molecule has 0 aliphatic carbocycles. The molecule has 0 aromatic heterocycles. The Morgan fingerprint density at radius 1 is 0.893 bits per heavy atom. The smallest absolute Gasteiger partial charge is 0.262 e. The number of ether oxygens (including phenoxy) is 1. The van der Waals surface area contributed by atoms with Crippen LogP contribution in [0.4, 0.5) is 11.4 Å². The summed E-state index contributed by atoms with van der Waals surface area (Å²) >= 11 is 0. The maximum absolute atomic E-state index is 12.2. The molecule has 0 heterocycles. The normalized spacial score (nSPS) is 11.2. The molecular weight excluding hydrogens is 352 g/mol. The van der Waals surface area contributed by atoms with Gasteiger partial charge < -0.3 is 15.4 Å². The molecule has 0 bridgehead atoms. The molecule has 0 atom stereocenters. The highest BCUT2D eigenvalue weighted by molar-refractivity contribution is 5.93. The molecule has 28 heavy (non-hydrogen) atoms. The van der Waals surface area contributed by atoms with Gasteiger partial charge in [0.05, 0.1) is 0 Å². The predicted octanol–water partition coefficient (Wildman–Crippen LogP) is 4.99. The Kier molecular flexibility index (Phi) is 7.21. The summed E-state index contributed by atoms with van der Waals surface area (Å²) in [5.74, 6) is 0.772. The van der Waals surface area contributed by atoms with Crippen molar-refractivity contribution in [1.82, 2.24) is 0 Å². The molecule has 0 fully saturated rings. The zero-order valence-electron chi connectivity index (χ0n) is 17.3. The maximum Gasteiger partial charge on any atom is 0.262 e. The summed E-state index contributed by atoms with van der Waals surface area (Å²) in [5.41, 5.74) is 2.35. The van der Waals surface area contributed by atoms with Gasteiger partial charge in [-0.1, -0.05) is 52.8 Å². The maximum atomic E-state index is 12.2. The zero-order chi connectivity index (χ0) is 20.7. The summed E-state index contributed by atoms with van der Waals surface area (Å²) < 4.78 is 5.74. The SMILES string of the molecule is CC(C)CC(=O)Nc1ccc(NC(=O)COc2ccccc2C(C)(C)C)cc1. The number of rotatable bonds is 7. The van der Waals surface area contributed by atoms with E-state index in [0.29, 0.717) is 29.5 Å². The molecular formula is C23H30N2O3. The van der Waals surface area contributed by atoms with Crippen molar-refractivity contribution in [3.63, 3.8) is 0 Å². The Morgan fingerprint density at radius 3 is 1.96 bits per heavy atom. The average Bonchev–Trinajstić information content (AvgIpc) is 2.60. The van der Waals surface area contributed by atoms with Crippen LogP contribution in [0.25, 0.3) is 0 Å². The van der Waals surface area contributed by atoms with Gasteiger partial charge in [0.2, 0.25) is 5.91 Å². The molecule has 2 aromatic rings. The molecule has 0 saturated heterocycles. The molecule has 150 valence electrons. The fourth-order valence-electron chi connectivity index (χ4n) is 2.77. The van der Waals surface area contributed by atoms with Crippen LogP contribution in [-0.2, 0) is 15.0 Å². The number of anilines is 2. The second kappa shape index (κ2) is 9.40. The number of benzene rings is 2. The predicted molar refractivity (Wildman–Crippen MR) is 114 cm³/mol. The highest BCUT2D eigenvalue weighted by Gasteiger charge is 2.18. The first-order valence-corrected chi connectivity index (χ1v) is 9.57. The summed E-state index contributed by atoms with van der Waals surface area (Å²) in [6.45, 7) is 10.3. The van der Waals surface area contributed by atoms with Crippen molar-refractivity contribution in [3.8, 4) is 5.75 Å². The molecule has 5 nitrogen and oxygen atoms in total. The minimum Gasteiger partial charge on any atom is -0.483 e. The molecule has 5 heteroatoms. The summed E-state index contributed by atoms with van der Waals surface area (Å²) in [6.07, 6.45) is 0.478. The van der Waals surface area contributed by atoms with E-state index in [2.05, 4.69) is 31.4 Å². The summed E-state index contributed by atoms with van der Waals surface area (Å²) in [7, 11) is 0. The van der Waals surface area contributed by atoms with Crippen LogP contribution >= 0.6 is 0 Å². The third kappa shape index (κ3) is 6.72. The molecule has 0 aliphatic rings. The number of carbonyl (C=O) groups is 2. The first-order valence-electron chi connectivity index (χ1n) is 9.57. The monoisotopic (exact) mass is 382 g/mol. The van der Waals surface area contributed by atoms with Gasteiger partial charge in [-0.2, -0.15) is 0 Å². The third-order valence-corrected chi connectivity index (χ3v) is 4.10. The molecule has 2 rings (SSSR count). The van der Waals surface area contributed by atoms with Gasteiger partial charge in [-0.25, -0.2) is 0 Å². The van der Waals surface area contributed by atoms with E-state index in [9.17, 15) is 9.59 Å². The first kappa shape index (κ1) is 21.5. The molecule has 2 N–H and O–H groups in total. The van der Waals surface area contributed by atoms with Gasteiger partial charge in [0.15, 0.2) is 6.61 Å². The summed E-state index contributed by atoms with van der Waals surface area (Å²) in [5, 5.41) is 5.65. The highest BCUT2D eigenvalue weighted by Crippen LogP contribution is 2.30. The van der Waals surface area contributed by atoms with Crippen LogP contribution in [0, 0.1) is 5.92 Å². The Bertz CT molecular complexity index is 805. The molecule has 0 unspecified atom stereocenters. The number of amides is 2. The second-order valence-corrected chi connectivity index (χ2v) is 8.31. The zero-order valence-corrected chi connectivity index (χ0v) is 17.3. The van der Waals surface area contributed by atoms with E-state index in [1.54, 1.807) is 24.3 Å². The Morgan fingerprint density at radius 2 is 1.43 bits per heavy atom. The first-order chi connectivity index (χ1) is 13.1. The fourth-order valence-corrected chi connectivity index (χ4v) is 2.77. The summed E-state index contributed by atoms with van der Waals surface area (Å²) in [6, 6.07) is 14.8. The largest absolute Gasteiger partial charge is 0.483 e. The van der Waals surface area contributed by atoms with Crippen molar-refractivity contribution in [2.45, 2.75) is 46.5 Å². The molecule has 2 aromatic carbocycles. The van der Waals surface area contributed by atoms with Crippen LogP contribution in [0.1, 0.15) is 46.6 Å². The molecule has 2 amide bonds. The van der Waals surface area contributed by atoms with Crippen LogP contribution in [-0.4, -0.2) is 18.4 Å². The van der Waals surface area contributed by atoms with Gasteiger partial charge in [0, 0.05) is 17.8 Å². The lowest BCUT2D eigenvalue weighted by atomic mass is 9.86. The number of nitrogens with one attached hydrogen (secondary N) is 2. The Hall–Kier alpha value is -2.82. The second-order valence-electron chi connectivity index (χ2n) is 8.31. The minimum atomic E-state index is -0.236. The van der Waals surface area contributed by atoms with Crippen LogP contribution in [0.5, 0.6) is 5.75 Å². The quantitative estimate of drug-likeness (QED) is 0.709. The standard InChI is InChI=1S/C23H30N2O3/c1-16(2)14-21(26)24-17-10-12-18(13-11-17)25-22(27)15-28-20-9-7-6-8-19(20)23(3,4)5/h6-13,16H,14-15H2,1-5H3,(H,24,26)(H,25,27). The van der Waals surface area contributed by atoms with E-state index < -0.39 is 0 Å². The van der Waals surface area contributed by atoms with E-state index in [0.717, 1.165) is 5.56 Å². The van der Waals surface area contributed by atoms with E-state index >= 15 is 0 Å². The number of carbonyl (C=O) groups excluding carboxylic acids is 2. The van der Waals surface area contributed by atoms with Gasteiger partial charge in [-0.3, -0.25) is 9.59 Å². The van der Waals surface area contributed by atoms with Gasteiger partial charge in [0.25, 0.3) is 5.91 Å². The Labute approximate surface area is 167 Å². The van der Waals surface area contributed by atoms with Crippen molar-refractivity contribution < 1.29 is 14.3 Å². The number of para-hydroxylation sites is 1. The topological polar surface area (TPSA) is 67.4 Å². The van der Waals surface area contributed by atoms with Crippen LogP contribution in [0.2, 0.25) is 0 Å². The van der Waals surface area contributed by atoms with Crippen molar-refractivity contribution >= 4 is 23.2 Å².